The predicted octanol–water partition coefficient (Wildman–Crippen LogP) is 1.90. The molecule has 0 aliphatic carbocycles. The first-order chi connectivity index (χ1) is 7.66. The predicted molar refractivity (Wildman–Crippen MR) is 62.4 cm³/mol. The number of carbonyl (C=O) groups excluding carboxylic acids is 1. The first kappa shape index (κ1) is 10.5. The van der Waals surface area contributed by atoms with Crippen LogP contribution in [0.3, 0.4) is 0 Å². The number of anilines is 2. The zero-order chi connectivity index (χ0) is 11.5. The number of nitrogens with zero attached hydrogens (tertiary/aromatic N) is 1. The van der Waals surface area contributed by atoms with Crippen LogP contribution >= 0.6 is 11.6 Å². The van der Waals surface area contributed by atoms with Crippen molar-refractivity contribution < 1.29 is 4.79 Å². The maximum atomic E-state index is 11.6. The highest BCUT2D eigenvalue weighted by Gasteiger charge is 2.08. The molecule has 2 rings (SSSR count). The van der Waals surface area contributed by atoms with Gasteiger partial charge in [0.1, 0.15) is 5.69 Å². The summed E-state index contributed by atoms with van der Waals surface area (Å²) >= 11 is 5.74. The Morgan fingerprint density at radius 1 is 1.44 bits per heavy atom. The molecule has 0 spiro atoms. The van der Waals surface area contributed by atoms with Crippen LogP contribution in [0.1, 0.15) is 10.5 Å². The van der Waals surface area contributed by atoms with Gasteiger partial charge in [-0.1, -0.05) is 11.6 Å². The molecule has 2 aromatic rings. The van der Waals surface area contributed by atoms with Crippen LogP contribution in [0.4, 0.5) is 11.4 Å². The highest BCUT2D eigenvalue weighted by atomic mass is 35.5. The highest BCUT2D eigenvalue weighted by Crippen LogP contribution is 2.22. The molecule has 5 nitrogen and oxygen atoms in total. The van der Waals surface area contributed by atoms with Crippen molar-refractivity contribution >= 4 is 28.9 Å². The first-order valence-corrected chi connectivity index (χ1v) is 4.90. The molecule has 0 unspecified atom stereocenters. The Balaban J connectivity index is 2.18. The fourth-order valence-electron chi connectivity index (χ4n) is 1.22. The zero-order valence-corrected chi connectivity index (χ0v) is 8.95. The number of amides is 1. The summed E-state index contributed by atoms with van der Waals surface area (Å²) in [6.45, 7) is 0. The third-order valence-corrected chi connectivity index (χ3v) is 2.24. The molecule has 0 saturated heterocycles. The molecule has 0 aliphatic rings. The Hall–Kier alpha value is -2.01. The van der Waals surface area contributed by atoms with E-state index in [2.05, 4.69) is 15.5 Å². The van der Waals surface area contributed by atoms with E-state index in [9.17, 15) is 4.79 Å². The normalized spacial score (nSPS) is 10.1. The topological polar surface area (TPSA) is 83.8 Å². The summed E-state index contributed by atoms with van der Waals surface area (Å²) in [5.74, 6) is -0.300. The molecule has 16 heavy (non-hydrogen) atoms. The minimum Gasteiger partial charge on any atom is -0.397 e. The van der Waals surface area contributed by atoms with Gasteiger partial charge in [0.15, 0.2) is 0 Å². The second-order valence-corrected chi connectivity index (χ2v) is 3.59. The molecular formula is C10H9ClN4O. The molecule has 6 heteroatoms. The Morgan fingerprint density at radius 3 is 2.88 bits per heavy atom. The van der Waals surface area contributed by atoms with Gasteiger partial charge in [-0.2, -0.15) is 5.10 Å². The van der Waals surface area contributed by atoms with Crippen LogP contribution < -0.4 is 11.1 Å². The van der Waals surface area contributed by atoms with Crippen LogP contribution in [-0.4, -0.2) is 16.1 Å². The highest BCUT2D eigenvalue weighted by molar-refractivity contribution is 6.31. The molecule has 0 radical (unpaired) electrons. The molecule has 0 atom stereocenters. The number of halogens is 1. The Kier molecular flexibility index (Phi) is 2.78. The van der Waals surface area contributed by atoms with Crippen molar-refractivity contribution in [3.63, 3.8) is 0 Å². The summed E-state index contributed by atoms with van der Waals surface area (Å²) < 4.78 is 0. The third-order valence-electron chi connectivity index (χ3n) is 2.01. The van der Waals surface area contributed by atoms with E-state index in [1.807, 2.05) is 0 Å². The Labute approximate surface area is 96.6 Å². The number of nitrogen functional groups attached to an aromatic ring is 1. The fraction of sp³-hybridized carbons (Fsp3) is 0. The summed E-state index contributed by atoms with van der Waals surface area (Å²) in [6.07, 6.45) is 1.50. The number of aromatic nitrogens is 2. The molecule has 1 amide bonds. The fourth-order valence-corrected chi connectivity index (χ4v) is 1.40. The quantitative estimate of drug-likeness (QED) is 0.697. The van der Waals surface area contributed by atoms with Gasteiger partial charge in [-0.3, -0.25) is 9.89 Å². The lowest BCUT2D eigenvalue weighted by Gasteiger charge is -2.06. The van der Waals surface area contributed by atoms with Gasteiger partial charge in [0, 0.05) is 11.2 Å². The van der Waals surface area contributed by atoms with E-state index in [1.54, 1.807) is 24.3 Å². The summed E-state index contributed by atoms with van der Waals surface area (Å²) in [5, 5.41) is 9.41. The summed E-state index contributed by atoms with van der Waals surface area (Å²) in [4.78, 5) is 11.6. The molecule has 0 bridgehead atoms. The molecule has 0 aliphatic heterocycles. The van der Waals surface area contributed by atoms with Gasteiger partial charge in [0.05, 0.1) is 11.4 Å². The first-order valence-electron chi connectivity index (χ1n) is 4.52. The number of nitrogens with one attached hydrogen (secondary N) is 2. The van der Waals surface area contributed by atoms with E-state index >= 15 is 0 Å². The van der Waals surface area contributed by atoms with Crippen LogP contribution in [-0.2, 0) is 0 Å². The van der Waals surface area contributed by atoms with Crippen molar-refractivity contribution in [1.29, 1.82) is 0 Å². The maximum absolute atomic E-state index is 11.6. The van der Waals surface area contributed by atoms with Crippen LogP contribution in [0.25, 0.3) is 0 Å². The van der Waals surface area contributed by atoms with E-state index in [4.69, 9.17) is 17.3 Å². The number of carbonyl (C=O) groups is 1. The second-order valence-electron chi connectivity index (χ2n) is 3.16. The van der Waals surface area contributed by atoms with Gasteiger partial charge >= 0.3 is 0 Å². The molecule has 82 valence electrons. The zero-order valence-electron chi connectivity index (χ0n) is 8.20. The van der Waals surface area contributed by atoms with Gasteiger partial charge in [0.2, 0.25) is 0 Å². The largest absolute Gasteiger partial charge is 0.397 e. The molecule has 1 aromatic carbocycles. The van der Waals surface area contributed by atoms with Crippen LogP contribution in [0.5, 0.6) is 0 Å². The van der Waals surface area contributed by atoms with Gasteiger partial charge < -0.3 is 11.1 Å². The third kappa shape index (κ3) is 2.14. The van der Waals surface area contributed by atoms with E-state index < -0.39 is 0 Å². The van der Waals surface area contributed by atoms with Crippen LogP contribution in [0, 0.1) is 0 Å². The van der Waals surface area contributed by atoms with E-state index in [-0.39, 0.29) is 5.91 Å². The molecule has 0 saturated carbocycles. The SMILES string of the molecule is Nc1cc(Cl)ccc1NC(=O)c1ccn[nH]1. The lowest BCUT2D eigenvalue weighted by molar-refractivity contribution is 0.102. The summed E-state index contributed by atoms with van der Waals surface area (Å²) in [6, 6.07) is 6.44. The lowest BCUT2D eigenvalue weighted by Crippen LogP contribution is -2.13. The number of nitrogens with two attached hydrogens (primary N) is 1. The molecular weight excluding hydrogens is 228 g/mol. The average Bonchev–Trinajstić information content (AvgIpc) is 2.75. The molecule has 1 heterocycles. The number of benzene rings is 1. The smallest absolute Gasteiger partial charge is 0.273 e. The Morgan fingerprint density at radius 2 is 2.25 bits per heavy atom. The van der Waals surface area contributed by atoms with Crippen LogP contribution in [0.2, 0.25) is 5.02 Å². The van der Waals surface area contributed by atoms with Gasteiger partial charge in [-0.15, -0.1) is 0 Å². The summed E-state index contributed by atoms with van der Waals surface area (Å²) in [5.41, 5.74) is 7.00. The number of hydrogen-bond acceptors (Lipinski definition) is 3. The number of rotatable bonds is 2. The van der Waals surface area contributed by atoms with Crippen molar-refractivity contribution in [3.8, 4) is 0 Å². The van der Waals surface area contributed by atoms with E-state index in [0.29, 0.717) is 22.1 Å². The minimum absolute atomic E-state index is 0.300. The number of H-pyrrole nitrogens is 1. The Bertz CT molecular complexity index is 510. The van der Waals surface area contributed by atoms with E-state index in [1.165, 1.54) is 6.20 Å². The van der Waals surface area contributed by atoms with E-state index in [0.717, 1.165) is 0 Å². The van der Waals surface area contributed by atoms with Crippen molar-refractivity contribution in [3.05, 3.63) is 41.2 Å². The van der Waals surface area contributed by atoms with Crippen molar-refractivity contribution in [2.24, 2.45) is 0 Å². The van der Waals surface area contributed by atoms with Crippen molar-refractivity contribution in [2.45, 2.75) is 0 Å². The number of hydrogen-bond donors (Lipinski definition) is 3. The lowest BCUT2D eigenvalue weighted by atomic mass is 10.2. The second kappa shape index (κ2) is 4.24. The monoisotopic (exact) mass is 236 g/mol. The molecule has 1 aromatic heterocycles. The van der Waals surface area contributed by atoms with Gasteiger partial charge in [-0.25, -0.2) is 0 Å². The minimum atomic E-state index is -0.300. The standard InChI is InChI=1S/C10H9ClN4O/c11-6-1-2-8(7(12)5-6)14-10(16)9-3-4-13-15-9/h1-5H,12H2,(H,13,15)(H,14,16). The molecule has 4 N–H and O–H groups in total. The molecule has 0 fully saturated rings. The van der Waals surface area contributed by atoms with Gasteiger partial charge in [0.25, 0.3) is 5.91 Å². The number of aromatic amines is 1. The van der Waals surface area contributed by atoms with Crippen molar-refractivity contribution in [2.75, 3.05) is 11.1 Å². The van der Waals surface area contributed by atoms with Gasteiger partial charge in [-0.05, 0) is 24.3 Å². The summed E-state index contributed by atoms with van der Waals surface area (Å²) in [7, 11) is 0. The maximum Gasteiger partial charge on any atom is 0.273 e. The van der Waals surface area contributed by atoms with Crippen molar-refractivity contribution in [1.82, 2.24) is 10.2 Å². The average molecular weight is 237 g/mol. The van der Waals surface area contributed by atoms with Crippen LogP contribution in [0.15, 0.2) is 30.5 Å².